The van der Waals surface area contributed by atoms with Gasteiger partial charge in [0.15, 0.2) is 0 Å². The Morgan fingerprint density at radius 2 is 1.95 bits per heavy atom. The van der Waals surface area contributed by atoms with Gasteiger partial charge in [-0.3, -0.25) is 4.79 Å². The molecule has 19 heavy (non-hydrogen) atoms. The minimum Gasteiger partial charge on any atom is -0.387 e. The normalized spacial score (nSPS) is 20.9. The first-order chi connectivity index (χ1) is 8.99. The standard InChI is InChI=1S/C16H23NO2/c1-4-13-8-16(19)17(9-13)10-15(18)14-6-11(2)5-12(3)7-14/h5-7,13,15,18H,4,8-10H2,1-3H3. The lowest BCUT2D eigenvalue weighted by Gasteiger charge is -2.21. The zero-order valence-corrected chi connectivity index (χ0v) is 12.0. The average molecular weight is 261 g/mol. The summed E-state index contributed by atoms with van der Waals surface area (Å²) in [6.45, 7) is 7.37. The Bertz CT molecular complexity index is 450. The fourth-order valence-corrected chi connectivity index (χ4v) is 2.82. The molecular formula is C16H23NO2. The second-order valence-electron chi connectivity index (χ2n) is 5.71. The minimum atomic E-state index is -0.585. The first-order valence-corrected chi connectivity index (χ1v) is 7.03. The lowest BCUT2D eigenvalue weighted by Crippen LogP contribution is -2.30. The summed E-state index contributed by atoms with van der Waals surface area (Å²) in [7, 11) is 0. The predicted molar refractivity (Wildman–Crippen MR) is 75.9 cm³/mol. The number of β-amino-alcohol motifs (C(OH)–C–C–N with tert-alkyl or cyclic N) is 1. The monoisotopic (exact) mass is 261 g/mol. The average Bonchev–Trinajstić information content (AvgIpc) is 2.69. The van der Waals surface area contributed by atoms with Crippen LogP contribution in [0.15, 0.2) is 18.2 Å². The molecule has 2 rings (SSSR count). The summed E-state index contributed by atoms with van der Waals surface area (Å²) < 4.78 is 0. The zero-order chi connectivity index (χ0) is 14.0. The van der Waals surface area contributed by atoms with E-state index in [1.807, 2.05) is 26.0 Å². The zero-order valence-electron chi connectivity index (χ0n) is 12.0. The highest BCUT2D eigenvalue weighted by Crippen LogP contribution is 2.24. The third-order valence-corrected chi connectivity index (χ3v) is 3.89. The van der Waals surface area contributed by atoms with Gasteiger partial charge in [0.1, 0.15) is 0 Å². The molecule has 0 aliphatic carbocycles. The molecule has 2 atom stereocenters. The molecule has 1 aromatic carbocycles. The van der Waals surface area contributed by atoms with Crippen molar-refractivity contribution in [1.82, 2.24) is 4.90 Å². The summed E-state index contributed by atoms with van der Waals surface area (Å²) >= 11 is 0. The van der Waals surface area contributed by atoms with E-state index in [1.165, 1.54) is 0 Å². The van der Waals surface area contributed by atoms with Crippen molar-refractivity contribution in [3.05, 3.63) is 34.9 Å². The molecule has 2 unspecified atom stereocenters. The highest BCUT2D eigenvalue weighted by atomic mass is 16.3. The second kappa shape index (κ2) is 5.74. The maximum Gasteiger partial charge on any atom is 0.223 e. The van der Waals surface area contributed by atoms with Crippen molar-refractivity contribution in [1.29, 1.82) is 0 Å². The first-order valence-electron chi connectivity index (χ1n) is 7.03. The number of nitrogens with zero attached hydrogens (tertiary/aromatic N) is 1. The number of aryl methyl sites for hydroxylation is 2. The van der Waals surface area contributed by atoms with E-state index in [-0.39, 0.29) is 5.91 Å². The smallest absolute Gasteiger partial charge is 0.223 e. The molecule has 0 saturated carbocycles. The SMILES string of the molecule is CCC1CC(=O)N(CC(O)c2cc(C)cc(C)c2)C1. The van der Waals surface area contributed by atoms with Gasteiger partial charge in [-0.1, -0.05) is 42.7 Å². The molecule has 1 aliphatic rings. The Hall–Kier alpha value is -1.35. The van der Waals surface area contributed by atoms with Crippen molar-refractivity contribution in [3.63, 3.8) is 0 Å². The number of hydrogen-bond acceptors (Lipinski definition) is 2. The van der Waals surface area contributed by atoms with Crippen LogP contribution in [0.1, 0.15) is 42.6 Å². The lowest BCUT2D eigenvalue weighted by molar-refractivity contribution is -0.129. The second-order valence-corrected chi connectivity index (χ2v) is 5.71. The van der Waals surface area contributed by atoms with E-state index in [9.17, 15) is 9.90 Å². The van der Waals surface area contributed by atoms with Crippen LogP contribution in [0.25, 0.3) is 0 Å². The summed E-state index contributed by atoms with van der Waals surface area (Å²) in [6, 6.07) is 6.08. The van der Waals surface area contributed by atoms with Crippen molar-refractivity contribution in [2.24, 2.45) is 5.92 Å². The quantitative estimate of drug-likeness (QED) is 0.905. The molecule has 1 fully saturated rings. The molecule has 1 aliphatic heterocycles. The summed E-state index contributed by atoms with van der Waals surface area (Å²) in [5.74, 6) is 0.634. The molecule has 1 aromatic rings. The predicted octanol–water partition coefficient (Wildman–Crippen LogP) is 2.60. The molecule has 0 aromatic heterocycles. The lowest BCUT2D eigenvalue weighted by atomic mass is 10.0. The summed E-state index contributed by atoms with van der Waals surface area (Å²) in [4.78, 5) is 13.7. The van der Waals surface area contributed by atoms with Crippen LogP contribution in [0.5, 0.6) is 0 Å². The van der Waals surface area contributed by atoms with Gasteiger partial charge >= 0.3 is 0 Å². The largest absolute Gasteiger partial charge is 0.387 e. The van der Waals surface area contributed by atoms with E-state index in [0.29, 0.717) is 18.9 Å². The van der Waals surface area contributed by atoms with Gasteiger partial charge in [0.25, 0.3) is 0 Å². The van der Waals surface area contributed by atoms with Crippen LogP contribution in [-0.2, 0) is 4.79 Å². The van der Waals surface area contributed by atoms with Crippen molar-refractivity contribution >= 4 is 5.91 Å². The van der Waals surface area contributed by atoms with E-state index in [2.05, 4.69) is 13.0 Å². The summed E-state index contributed by atoms with van der Waals surface area (Å²) in [5, 5.41) is 10.3. The van der Waals surface area contributed by atoms with Crippen molar-refractivity contribution in [2.45, 2.75) is 39.7 Å². The molecule has 0 spiro atoms. The Balaban J connectivity index is 2.04. The first kappa shape index (κ1) is 14.1. The van der Waals surface area contributed by atoms with Crippen LogP contribution in [0, 0.1) is 19.8 Å². The maximum absolute atomic E-state index is 11.9. The molecule has 1 heterocycles. The third-order valence-electron chi connectivity index (χ3n) is 3.89. The van der Waals surface area contributed by atoms with Gasteiger partial charge in [0.05, 0.1) is 12.6 Å². The molecule has 3 heteroatoms. The van der Waals surface area contributed by atoms with Gasteiger partial charge in [0.2, 0.25) is 5.91 Å². The molecule has 1 amide bonds. The van der Waals surface area contributed by atoms with Gasteiger partial charge in [-0.05, 0) is 25.3 Å². The highest BCUT2D eigenvalue weighted by molar-refractivity contribution is 5.78. The van der Waals surface area contributed by atoms with Gasteiger partial charge in [0, 0.05) is 13.0 Å². The summed E-state index contributed by atoms with van der Waals surface area (Å²) in [5.41, 5.74) is 3.20. The maximum atomic E-state index is 11.9. The van der Waals surface area contributed by atoms with Crippen LogP contribution >= 0.6 is 0 Å². The van der Waals surface area contributed by atoms with Gasteiger partial charge in [-0.2, -0.15) is 0 Å². The van der Waals surface area contributed by atoms with Crippen LogP contribution in [0.3, 0.4) is 0 Å². The van der Waals surface area contributed by atoms with Crippen LogP contribution in [0.2, 0.25) is 0 Å². The molecule has 1 saturated heterocycles. The van der Waals surface area contributed by atoms with Gasteiger partial charge < -0.3 is 10.0 Å². The Morgan fingerprint density at radius 3 is 2.47 bits per heavy atom. The van der Waals surface area contributed by atoms with E-state index < -0.39 is 6.10 Å². The van der Waals surface area contributed by atoms with E-state index >= 15 is 0 Å². The van der Waals surface area contributed by atoms with Gasteiger partial charge in [-0.25, -0.2) is 0 Å². The molecule has 0 radical (unpaired) electrons. The topological polar surface area (TPSA) is 40.5 Å². The Labute approximate surface area is 115 Å². The minimum absolute atomic E-state index is 0.176. The molecule has 3 nitrogen and oxygen atoms in total. The number of carbonyl (C=O) groups excluding carboxylic acids is 1. The number of aliphatic hydroxyl groups excluding tert-OH is 1. The Morgan fingerprint density at radius 1 is 1.32 bits per heavy atom. The molecule has 1 N–H and O–H groups in total. The fraction of sp³-hybridized carbons (Fsp3) is 0.562. The summed E-state index contributed by atoms with van der Waals surface area (Å²) in [6.07, 6.45) is 1.08. The van der Waals surface area contributed by atoms with Crippen molar-refractivity contribution < 1.29 is 9.90 Å². The van der Waals surface area contributed by atoms with Crippen LogP contribution < -0.4 is 0 Å². The third kappa shape index (κ3) is 3.35. The van der Waals surface area contributed by atoms with Crippen molar-refractivity contribution in [2.75, 3.05) is 13.1 Å². The number of rotatable bonds is 4. The van der Waals surface area contributed by atoms with E-state index in [4.69, 9.17) is 0 Å². The van der Waals surface area contributed by atoms with Crippen LogP contribution in [-0.4, -0.2) is 29.0 Å². The molecule has 104 valence electrons. The number of amides is 1. The van der Waals surface area contributed by atoms with Gasteiger partial charge in [-0.15, -0.1) is 0 Å². The fourth-order valence-electron chi connectivity index (χ4n) is 2.82. The highest BCUT2D eigenvalue weighted by Gasteiger charge is 2.29. The van der Waals surface area contributed by atoms with Crippen molar-refractivity contribution in [3.8, 4) is 0 Å². The number of likely N-dealkylation sites (tertiary alicyclic amines) is 1. The Kier molecular flexibility index (Phi) is 4.25. The van der Waals surface area contributed by atoms with E-state index in [1.54, 1.807) is 4.90 Å². The number of aliphatic hydroxyl groups is 1. The number of hydrogen-bond donors (Lipinski definition) is 1. The number of carbonyl (C=O) groups is 1. The molecular weight excluding hydrogens is 238 g/mol. The number of benzene rings is 1. The van der Waals surface area contributed by atoms with Crippen LogP contribution in [0.4, 0.5) is 0 Å². The van der Waals surface area contributed by atoms with E-state index in [0.717, 1.165) is 29.7 Å². The molecule has 0 bridgehead atoms.